The third-order valence-electron chi connectivity index (χ3n) is 4.21. The van der Waals surface area contributed by atoms with Gasteiger partial charge < -0.3 is 18.9 Å². The van der Waals surface area contributed by atoms with Crippen LogP contribution in [0.15, 0.2) is 36.4 Å². The van der Waals surface area contributed by atoms with Crippen LogP contribution in [0, 0.1) is 0 Å². The maximum absolute atomic E-state index is 14.0. The van der Waals surface area contributed by atoms with Crippen LogP contribution < -0.4 is 18.9 Å². The standard InChI is InChI=1S/C19H18F3N3O4/c1-26-13-7-5-11(9-15(13)28-3)17-18(19(20,21)22)25(24-23-17)12-6-8-14(27-2)16(10-12)29-4/h5-10H,1-4H3. The summed E-state index contributed by atoms with van der Waals surface area (Å²) in [6.07, 6.45) is -4.72. The fraction of sp³-hybridized carbons (Fsp3) is 0.263. The highest BCUT2D eigenvalue weighted by molar-refractivity contribution is 5.67. The smallest absolute Gasteiger partial charge is 0.435 e. The van der Waals surface area contributed by atoms with Crippen molar-refractivity contribution in [2.75, 3.05) is 28.4 Å². The highest BCUT2D eigenvalue weighted by Gasteiger charge is 2.40. The second kappa shape index (κ2) is 7.90. The van der Waals surface area contributed by atoms with Crippen LogP contribution in [0.2, 0.25) is 0 Å². The maximum atomic E-state index is 14.0. The minimum absolute atomic E-state index is 0.120. The Hall–Kier alpha value is -3.43. The van der Waals surface area contributed by atoms with Crippen LogP contribution in [-0.4, -0.2) is 43.4 Å². The number of rotatable bonds is 6. The van der Waals surface area contributed by atoms with Crippen molar-refractivity contribution in [1.82, 2.24) is 15.0 Å². The summed E-state index contributed by atoms with van der Waals surface area (Å²) < 4.78 is 63.2. The molecular weight excluding hydrogens is 391 g/mol. The molecule has 0 aliphatic carbocycles. The van der Waals surface area contributed by atoms with Crippen molar-refractivity contribution in [2.24, 2.45) is 0 Å². The Morgan fingerprint density at radius 3 is 1.86 bits per heavy atom. The van der Waals surface area contributed by atoms with Crippen LogP contribution in [0.4, 0.5) is 13.2 Å². The average Bonchev–Trinajstić information content (AvgIpc) is 3.18. The van der Waals surface area contributed by atoms with Gasteiger partial charge in [-0.15, -0.1) is 5.10 Å². The largest absolute Gasteiger partial charge is 0.493 e. The molecule has 0 aliphatic rings. The summed E-state index contributed by atoms with van der Waals surface area (Å²) in [7, 11) is 5.66. The molecule has 0 atom stereocenters. The van der Waals surface area contributed by atoms with Gasteiger partial charge >= 0.3 is 6.18 Å². The number of benzene rings is 2. The summed E-state index contributed by atoms with van der Waals surface area (Å²) in [4.78, 5) is 0. The summed E-state index contributed by atoms with van der Waals surface area (Å²) in [6.45, 7) is 0. The van der Waals surface area contributed by atoms with Crippen molar-refractivity contribution < 1.29 is 32.1 Å². The molecule has 0 amide bonds. The third-order valence-corrected chi connectivity index (χ3v) is 4.21. The first-order chi connectivity index (χ1) is 13.8. The molecule has 0 unspecified atom stereocenters. The van der Waals surface area contributed by atoms with Gasteiger partial charge in [0.25, 0.3) is 0 Å². The molecule has 0 saturated heterocycles. The van der Waals surface area contributed by atoms with Crippen molar-refractivity contribution in [2.45, 2.75) is 6.18 Å². The number of alkyl halides is 3. The van der Waals surface area contributed by atoms with E-state index < -0.39 is 11.9 Å². The predicted octanol–water partition coefficient (Wildman–Crippen LogP) is 3.99. The van der Waals surface area contributed by atoms with Crippen LogP contribution in [-0.2, 0) is 6.18 Å². The van der Waals surface area contributed by atoms with E-state index in [0.29, 0.717) is 16.2 Å². The zero-order chi connectivity index (χ0) is 21.2. The lowest BCUT2D eigenvalue weighted by Crippen LogP contribution is -2.14. The van der Waals surface area contributed by atoms with Crippen LogP contribution >= 0.6 is 0 Å². The van der Waals surface area contributed by atoms with Gasteiger partial charge in [-0.05, 0) is 30.3 Å². The molecule has 1 heterocycles. The fourth-order valence-electron chi connectivity index (χ4n) is 2.85. The number of hydrogen-bond donors (Lipinski definition) is 0. The molecule has 0 bridgehead atoms. The summed E-state index contributed by atoms with van der Waals surface area (Å²) in [5.41, 5.74) is -1.07. The van der Waals surface area contributed by atoms with Gasteiger partial charge in [0.15, 0.2) is 28.7 Å². The van der Waals surface area contributed by atoms with Gasteiger partial charge in [0.2, 0.25) is 0 Å². The summed E-state index contributed by atoms with van der Waals surface area (Å²) in [6, 6.07) is 8.69. The summed E-state index contributed by atoms with van der Waals surface area (Å²) >= 11 is 0. The monoisotopic (exact) mass is 409 g/mol. The van der Waals surface area contributed by atoms with E-state index in [0.717, 1.165) is 0 Å². The SMILES string of the molecule is COc1ccc(-c2nnn(-c3ccc(OC)c(OC)c3)c2C(F)(F)F)cc1OC. The van der Waals surface area contributed by atoms with Crippen molar-refractivity contribution >= 4 is 0 Å². The Morgan fingerprint density at radius 2 is 1.31 bits per heavy atom. The number of halogens is 3. The van der Waals surface area contributed by atoms with Crippen molar-refractivity contribution in [3.05, 3.63) is 42.1 Å². The molecule has 0 radical (unpaired) electrons. The molecule has 154 valence electrons. The van der Waals surface area contributed by atoms with Crippen LogP contribution in [0.5, 0.6) is 23.0 Å². The Morgan fingerprint density at radius 1 is 0.759 bits per heavy atom. The Labute approximate surface area is 164 Å². The molecule has 0 aliphatic heterocycles. The predicted molar refractivity (Wildman–Crippen MR) is 98.0 cm³/mol. The van der Waals surface area contributed by atoms with Gasteiger partial charge in [0, 0.05) is 11.6 Å². The van der Waals surface area contributed by atoms with Crippen LogP contribution in [0.25, 0.3) is 16.9 Å². The lowest BCUT2D eigenvalue weighted by atomic mass is 10.1. The lowest BCUT2D eigenvalue weighted by molar-refractivity contribution is -0.142. The molecule has 3 aromatic rings. The zero-order valence-corrected chi connectivity index (χ0v) is 16.1. The minimum atomic E-state index is -4.72. The number of ether oxygens (including phenoxy) is 4. The van der Waals surface area contributed by atoms with Gasteiger partial charge in [-0.2, -0.15) is 13.2 Å². The molecule has 29 heavy (non-hydrogen) atoms. The number of nitrogens with zero attached hydrogens (tertiary/aromatic N) is 3. The van der Waals surface area contributed by atoms with E-state index in [4.69, 9.17) is 18.9 Å². The van der Waals surface area contributed by atoms with Crippen molar-refractivity contribution in [3.8, 4) is 39.9 Å². The first-order valence-corrected chi connectivity index (χ1v) is 8.31. The van der Waals surface area contributed by atoms with E-state index in [-0.39, 0.29) is 28.4 Å². The Kier molecular flexibility index (Phi) is 5.53. The maximum Gasteiger partial charge on any atom is 0.435 e. The van der Waals surface area contributed by atoms with Crippen LogP contribution in [0.3, 0.4) is 0 Å². The summed E-state index contributed by atoms with van der Waals surface area (Å²) in [5, 5.41) is 7.52. The van der Waals surface area contributed by atoms with E-state index in [2.05, 4.69) is 10.3 Å². The lowest BCUT2D eigenvalue weighted by Gasteiger charge is -2.14. The first kappa shape index (κ1) is 20.3. The van der Waals surface area contributed by atoms with E-state index in [1.807, 2.05) is 0 Å². The molecule has 0 saturated carbocycles. The number of aromatic nitrogens is 3. The van der Waals surface area contributed by atoms with Gasteiger partial charge in [-0.3, -0.25) is 0 Å². The van der Waals surface area contributed by atoms with Gasteiger partial charge in [0.05, 0.1) is 34.1 Å². The Bertz CT molecular complexity index is 945. The zero-order valence-electron chi connectivity index (χ0n) is 16.1. The third kappa shape index (κ3) is 3.78. The Balaban J connectivity index is 2.19. The normalized spacial score (nSPS) is 11.3. The second-order valence-corrected chi connectivity index (χ2v) is 5.81. The van der Waals surface area contributed by atoms with Crippen molar-refractivity contribution in [1.29, 1.82) is 0 Å². The first-order valence-electron chi connectivity index (χ1n) is 8.31. The highest BCUT2D eigenvalue weighted by Crippen LogP contribution is 2.40. The van der Waals surface area contributed by atoms with Gasteiger partial charge in [0.1, 0.15) is 5.69 Å². The average molecular weight is 409 g/mol. The topological polar surface area (TPSA) is 67.6 Å². The minimum Gasteiger partial charge on any atom is -0.493 e. The molecule has 3 rings (SSSR count). The molecule has 2 aromatic carbocycles. The van der Waals surface area contributed by atoms with Gasteiger partial charge in [-0.1, -0.05) is 5.21 Å². The van der Waals surface area contributed by atoms with E-state index in [9.17, 15) is 13.2 Å². The van der Waals surface area contributed by atoms with Crippen LogP contribution in [0.1, 0.15) is 5.69 Å². The molecular formula is C19H18F3N3O4. The quantitative estimate of drug-likeness (QED) is 0.613. The van der Waals surface area contributed by atoms with Gasteiger partial charge in [-0.25, -0.2) is 4.68 Å². The van der Waals surface area contributed by atoms with Crippen molar-refractivity contribution in [3.63, 3.8) is 0 Å². The molecule has 10 heteroatoms. The van der Waals surface area contributed by atoms with E-state index in [1.54, 1.807) is 0 Å². The van der Waals surface area contributed by atoms with E-state index >= 15 is 0 Å². The molecule has 0 N–H and O–H groups in total. The molecule has 0 spiro atoms. The highest BCUT2D eigenvalue weighted by atomic mass is 19.4. The van der Waals surface area contributed by atoms with E-state index in [1.165, 1.54) is 64.8 Å². The molecule has 1 aromatic heterocycles. The number of methoxy groups -OCH3 is 4. The fourth-order valence-corrected chi connectivity index (χ4v) is 2.85. The molecule has 7 nitrogen and oxygen atoms in total. The number of hydrogen-bond acceptors (Lipinski definition) is 6. The summed E-state index contributed by atoms with van der Waals surface area (Å²) in [5.74, 6) is 1.31. The molecule has 0 fully saturated rings. The second-order valence-electron chi connectivity index (χ2n) is 5.81.